The lowest BCUT2D eigenvalue weighted by Crippen LogP contribution is -2.21. The van der Waals surface area contributed by atoms with Crippen LogP contribution in [0.5, 0.6) is 0 Å². The molecular formula is C22H23FN6O4. The number of nitrogens with one attached hydrogen (secondary N) is 2. The zero-order chi connectivity index (χ0) is 23.6. The van der Waals surface area contributed by atoms with Gasteiger partial charge in [-0.15, -0.1) is 0 Å². The van der Waals surface area contributed by atoms with Gasteiger partial charge in [-0.2, -0.15) is 0 Å². The SMILES string of the molecule is CCCCOC(=O)OC(=O)Nc1nccc(Cc2cncc(Nc3ncccn3)c2C)c1F. The number of nitrogens with zero attached hydrogens (tertiary/aromatic N) is 4. The number of hydrogen-bond acceptors (Lipinski definition) is 9. The Balaban J connectivity index is 1.69. The van der Waals surface area contributed by atoms with Gasteiger partial charge >= 0.3 is 12.2 Å². The van der Waals surface area contributed by atoms with Crippen LogP contribution in [0.2, 0.25) is 0 Å². The molecule has 0 unspecified atom stereocenters. The van der Waals surface area contributed by atoms with Gasteiger partial charge in [-0.05, 0) is 42.2 Å². The van der Waals surface area contributed by atoms with Crippen LogP contribution in [0.1, 0.15) is 36.5 Å². The minimum absolute atomic E-state index is 0.127. The van der Waals surface area contributed by atoms with E-state index in [1.54, 1.807) is 30.9 Å². The summed E-state index contributed by atoms with van der Waals surface area (Å²) in [6.07, 6.45) is 7.10. The molecule has 3 heterocycles. The number of amides is 1. The number of carbonyl (C=O) groups is 2. The Labute approximate surface area is 189 Å². The van der Waals surface area contributed by atoms with Crippen molar-refractivity contribution in [3.8, 4) is 0 Å². The summed E-state index contributed by atoms with van der Waals surface area (Å²) in [5.41, 5.74) is 2.52. The van der Waals surface area contributed by atoms with Crippen molar-refractivity contribution in [2.75, 3.05) is 17.2 Å². The maximum absolute atomic E-state index is 15.0. The van der Waals surface area contributed by atoms with Gasteiger partial charge in [0.15, 0.2) is 11.6 Å². The van der Waals surface area contributed by atoms with E-state index in [1.807, 2.05) is 13.8 Å². The summed E-state index contributed by atoms with van der Waals surface area (Å²) in [5, 5.41) is 5.20. The van der Waals surface area contributed by atoms with Crippen LogP contribution in [-0.4, -0.2) is 38.8 Å². The topological polar surface area (TPSA) is 128 Å². The van der Waals surface area contributed by atoms with E-state index < -0.39 is 18.1 Å². The maximum Gasteiger partial charge on any atom is 0.517 e. The first-order valence-corrected chi connectivity index (χ1v) is 10.2. The van der Waals surface area contributed by atoms with Crippen LogP contribution in [0.15, 0.2) is 43.1 Å². The molecule has 0 radical (unpaired) electrons. The Morgan fingerprint density at radius 2 is 1.88 bits per heavy atom. The van der Waals surface area contributed by atoms with Crippen molar-refractivity contribution in [3.05, 3.63) is 65.6 Å². The second-order valence-electron chi connectivity index (χ2n) is 6.94. The second kappa shape index (κ2) is 11.5. The molecule has 11 heteroatoms. The fourth-order valence-corrected chi connectivity index (χ4v) is 2.80. The summed E-state index contributed by atoms with van der Waals surface area (Å²) in [5.74, 6) is -0.706. The van der Waals surface area contributed by atoms with Gasteiger partial charge < -0.3 is 14.8 Å². The number of pyridine rings is 2. The molecule has 3 rings (SSSR count). The normalized spacial score (nSPS) is 10.4. The predicted octanol–water partition coefficient (Wildman–Crippen LogP) is 4.53. The summed E-state index contributed by atoms with van der Waals surface area (Å²) in [4.78, 5) is 39.6. The summed E-state index contributed by atoms with van der Waals surface area (Å²) < 4.78 is 24.2. The molecular weight excluding hydrogens is 431 g/mol. The van der Waals surface area contributed by atoms with Gasteiger partial charge in [-0.25, -0.2) is 28.9 Å². The zero-order valence-electron chi connectivity index (χ0n) is 18.2. The Hall–Kier alpha value is -4.15. The molecule has 172 valence electrons. The second-order valence-corrected chi connectivity index (χ2v) is 6.94. The van der Waals surface area contributed by atoms with Crippen LogP contribution in [0.25, 0.3) is 0 Å². The van der Waals surface area contributed by atoms with Crippen molar-refractivity contribution >= 4 is 29.7 Å². The molecule has 0 aliphatic carbocycles. The molecule has 3 aromatic rings. The van der Waals surface area contributed by atoms with Crippen LogP contribution in [0, 0.1) is 12.7 Å². The highest BCUT2D eigenvalue weighted by atomic mass is 19.1. The van der Waals surface area contributed by atoms with Gasteiger partial charge in [0.25, 0.3) is 0 Å². The van der Waals surface area contributed by atoms with Gasteiger partial charge in [0.1, 0.15) is 0 Å². The summed E-state index contributed by atoms with van der Waals surface area (Å²) in [7, 11) is 0. The first kappa shape index (κ1) is 23.5. The molecule has 10 nitrogen and oxygen atoms in total. The molecule has 0 fully saturated rings. The van der Waals surface area contributed by atoms with E-state index in [1.165, 1.54) is 12.3 Å². The molecule has 0 saturated carbocycles. The summed E-state index contributed by atoms with van der Waals surface area (Å²) >= 11 is 0. The molecule has 0 aromatic carbocycles. The molecule has 0 aliphatic heterocycles. The van der Waals surface area contributed by atoms with Crippen molar-refractivity contribution in [1.29, 1.82) is 0 Å². The van der Waals surface area contributed by atoms with E-state index in [9.17, 15) is 14.0 Å². The number of carbonyl (C=O) groups excluding carboxylic acids is 2. The molecule has 1 amide bonds. The lowest BCUT2D eigenvalue weighted by atomic mass is 10.0. The average molecular weight is 454 g/mol. The molecule has 3 aromatic heterocycles. The van der Waals surface area contributed by atoms with Crippen LogP contribution in [-0.2, 0) is 15.9 Å². The molecule has 0 spiro atoms. The van der Waals surface area contributed by atoms with Crippen molar-refractivity contribution in [2.24, 2.45) is 0 Å². The van der Waals surface area contributed by atoms with Crippen LogP contribution in [0.4, 0.5) is 31.4 Å². The lowest BCUT2D eigenvalue weighted by Gasteiger charge is -2.13. The standard InChI is InChI=1S/C22H23FN6O4/c1-3-4-10-32-22(31)33-21(30)29-19-18(23)15(6-9-25-19)11-16-12-24-13-17(14(16)2)28-20-26-7-5-8-27-20/h5-9,12-13H,3-4,10-11H2,1-2H3,(H,25,29,30)(H,26,27,28). The van der Waals surface area contributed by atoms with Gasteiger partial charge in [-0.3, -0.25) is 10.3 Å². The van der Waals surface area contributed by atoms with Crippen molar-refractivity contribution < 1.29 is 23.5 Å². The fraction of sp³-hybridized carbons (Fsp3) is 0.273. The number of aromatic nitrogens is 4. The monoisotopic (exact) mass is 454 g/mol. The van der Waals surface area contributed by atoms with Gasteiger partial charge in [0, 0.05) is 31.2 Å². The van der Waals surface area contributed by atoms with Crippen LogP contribution in [0.3, 0.4) is 0 Å². The zero-order valence-corrected chi connectivity index (χ0v) is 18.2. The van der Waals surface area contributed by atoms with E-state index >= 15 is 0 Å². The van der Waals surface area contributed by atoms with E-state index in [4.69, 9.17) is 4.74 Å². The Bertz CT molecular complexity index is 1110. The van der Waals surface area contributed by atoms with E-state index in [0.717, 1.165) is 17.5 Å². The van der Waals surface area contributed by atoms with E-state index in [0.29, 0.717) is 18.1 Å². The van der Waals surface area contributed by atoms with Crippen molar-refractivity contribution in [3.63, 3.8) is 0 Å². The highest BCUT2D eigenvalue weighted by Crippen LogP contribution is 2.24. The minimum Gasteiger partial charge on any atom is -0.434 e. The predicted molar refractivity (Wildman–Crippen MR) is 118 cm³/mol. The number of rotatable bonds is 8. The number of hydrogen-bond donors (Lipinski definition) is 2. The molecule has 33 heavy (non-hydrogen) atoms. The first-order valence-electron chi connectivity index (χ1n) is 10.2. The highest BCUT2D eigenvalue weighted by molar-refractivity contribution is 5.90. The Morgan fingerprint density at radius 1 is 1.09 bits per heavy atom. The Kier molecular flexibility index (Phi) is 8.17. The van der Waals surface area contributed by atoms with E-state index in [-0.39, 0.29) is 24.4 Å². The first-order chi connectivity index (χ1) is 16.0. The average Bonchev–Trinajstić information content (AvgIpc) is 2.80. The van der Waals surface area contributed by atoms with Crippen LogP contribution < -0.4 is 10.6 Å². The third-order valence-electron chi connectivity index (χ3n) is 4.60. The quantitative estimate of drug-likeness (QED) is 0.286. The number of unbranched alkanes of at least 4 members (excludes halogenated alkanes) is 1. The smallest absolute Gasteiger partial charge is 0.434 e. The summed E-state index contributed by atoms with van der Waals surface area (Å²) in [6, 6.07) is 3.19. The lowest BCUT2D eigenvalue weighted by molar-refractivity contribution is 0.0786. The number of ether oxygens (including phenoxy) is 2. The molecule has 0 saturated heterocycles. The number of halogens is 1. The molecule has 0 aliphatic rings. The maximum atomic E-state index is 15.0. The van der Waals surface area contributed by atoms with Gasteiger partial charge in [-0.1, -0.05) is 13.3 Å². The van der Waals surface area contributed by atoms with Gasteiger partial charge in [0.05, 0.1) is 18.5 Å². The third-order valence-corrected chi connectivity index (χ3v) is 4.60. The van der Waals surface area contributed by atoms with Gasteiger partial charge in [0.2, 0.25) is 5.95 Å². The van der Waals surface area contributed by atoms with E-state index in [2.05, 4.69) is 35.3 Å². The largest absolute Gasteiger partial charge is 0.517 e. The molecule has 2 N–H and O–H groups in total. The summed E-state index contributed by atoms with van der Waals surface area (Å²) in [6.45, 7) is 3.91. The molecule has 0 atom stereocenters. The molecule has 0 bridgehead atoms. The van der Waals surface area contributed by atoms with Crippen molar-refractivity contribution in [2.45, 2.75) is 33.1 Å². The Morgan fingerprint density at radius 3 is 2.64 bits per heavy atom. The minimum atomic E-state index is -1.19. The highest BCUT2D eigenvalue weighted by Gasteiger charge is 2.18. The number of anilines is 3. The van der Waals surface area contributed by atoms with Crippen molar-refractivity contribution in [1.82, 2.24) is 19.9 Å². The third kappa shape index (κ3) is 6.66. The van der Waals surface area contributed by atoms with Crippen LogP contribution >= 0.6 is 0 Å². The fourth-order valence-electron chi connectivity index (χ4n) is 2.80.